The molecule has 1 aromatic rings. The number of hydrogen-bond acceptors (Lipinski definition) is 3. The van der Waals surface area contributed by atoms with Gasteiger partial charge in [-0.25, -0.2) is 4.98 Å². The van der Waals surface area contributed by atoms with Crippen LogP contribution in [-0.4, -0.2) is 44.3 Å². The van der Waals surface area contributed by atoms with Crippen molar-refractivity contribution in [2.45, 2.75) is 13.3 Å². The van der Waals surface area contributed by atoms with Crippen LogP contribution in [0.15, 0.2) is 23.3 Å². The van der Waals surface area contributed by atoms with E-state index in [-0.39, 0.29) is 0 Å². The minimum absolute atomic E-state index is 0.520. The van der Waals surface area contributed by atoms with E-state index in [9.17, 15) is 0 Å². The van der Waals surface area contributed by atoms with Crippen LogP contribution in [0.25, 0.3) is 0 Å². The molecule has 0 fully saturated rings. The Bertz CT molecular complexity index is 381. The van der Waals surface area contributed by atoms with Crippen LogP contribution < -0.4 is 10.6 Å². The number of nitrogens with zero attached hydrogens (tertiary/aromatic N) is 2. The summed E-state index contributed by atoms with van der Waals surface area (Å²) in [6.45, 7) is 4.94. The number of methoxy groups -OCH3 is 1. The second-order valence-electron chi connectivity index (χ2n) is 3.92. The predicted octanol–water partition coefficient (Wildman–Crippen LogP) is 1.48. The molecule has 0 saturated heterocycles. The summed E-state index contributed by atoms with van der Waals surface area (Å²) in [4.78, 5) is 8.43. The Hall–Kier alpha value is -1.33. The minimum atomic E-state index is 0.520. The van der Waals surface area contributed by atoms with Crippen molar-refractivity contribution in [2.24, 2.45) is 4.99 Å². The number of ether oxygens (including phenoxy) is 1. The van der Waals surface area contributed by atoms with E-state index in [0.717, 1.165) is 31.0 Å². The van der Waals surface area contributed by atoms with E-state index >= 15 is 0 Å². The van der Waals surface area contributed by atoms with Gasteiger partial charge in [0.15, 0.2) is 5.96 Å². The van der Waals surface area contributed by atoms with Crippen LogP contribution in [0, 0.1) is 0 Å². The molecule has 0 aromatic carbocycles. The Morgan fingerprint density at radius 2 is 2.26 bits per heavy atom. The molecule has 0 aliphatic rings. The average Bonchev–Trinajstić information content (AvgIpc) is 2.41. The predicted molar refractivity (Wildman–Crippen MR) is 78.8 cm³/mol. The number of hydrogen-bond donors (Lipinski definition) is 2. The van der Waals surface area contributed by atoms with Crippen molar-refractivity contribution in [3.05, 3.63) is 29.0 Å². The molecular weight excluding hydrogens is 264 g/mol. The first kappa shape index (κ1) is 15.7. The quantitative estimate of drug-likeness (QED) is 0.345. The van der Waals surface area contributed by atoms with E-state index in [1.165, 1.54) is 0 Å². The molecule has 19 heavy (non-hydrogen) atoms. The Morgan fingerprint density at radius 1 is 1.42 bits per heavy atom. The maximum absolute atomic E-state index is 5.74. The minimum Gasteiger partial charge on any atom is -0.383 e. The van der Waals surface area contributed by atoms with Gasteiger partial charge in [0, 0.05) is 26.4 Å². The van der Waals surface area contributed by atoms with E-state index in [1.807, 2.05) is 13.0 Å². The summed E-state index contributed by atoms with van der Waals surface area (Å²) in [6, 6.07) is 3.78. The van der Waals surface area contributed by atoms with Gasteiger partial charge in [0.1, 0.15) is 5.15 Å². The van der Waals surface area contributed by atoms with Crippen molar-refractivity contribution in [1.29, 1.82) is 0 Å². The second-order valence-corrected chi connectivity index (χ2v) is 4.31. The molecular formula is C13H21ClN4O. The van der Waals surface area contributed by atoms with Gasteiger partial charge in [-0.2, -0.15) is 0 Å². The monoisotopic (exact) mass is 284 g/mol. The number of nitrogens with one attached hydrogen (secondary N) is 2. The third-order valence-electron chi connectivity index (χ3n) is 2.40. The highest BCUT2D eigenvalue weighted by Gasteiger charge is 1.98. The molecule has 0 amide bonds. The normalized spacial score (nSPS) is 11.4. The zero-order valence-corrected chi connectivity index (χ0v) is 12.2. The van der Waals surface area contributed by atoms with Crippen LogP contribution in [0.5, 0.6) is 0 Å². The van der Waals surface area contributed by atoms with Crippen LogP contribution in [0.2, 0.25) is 5.15 Å². The largest absolute Gasteiger partial charge is 0.383 e. The lowest BCUT2D eigenvalue weighted by atomic mass is 10.2. The lowest BCUT2D eigenvalue weighted by Crippen LogP contribution is -2.38. The molecule has 0 atom stereocenters. The van der Waals surface area contributed by atoms with Gasteiger partial charge in [0.25, 0.3) is 0 Å². The fraction of sp³-hybridized carbons (Fsp3) is 0.538. The summed E-state index contributed by atoms with van der Waals surface area (Å²) in [5.74, 6) is 0.807. The fourth-order valence-corrected chi connectivity index (χ4v) is 1.58. The first-order chi connectivity index (χ1) is 9.26. The summed E-state index contributed by atoms with van der Waals surface area (Å²) in [5, 5.41) is 6.97. The topological polar surface area (TPSA) is 58.5 Å². The number of rotatable bonds is 7. The molecule has 0 radical (unpaired) electrons. The van der Waals surface area contributed by atoms with Gasteiger partial charge in [-0.15, -0.1) is 0 Å². The van der Waals surface area contributed by atoms with Crippen LogP contribution in [0.3, 0.4) is 0 Å². The molecule has 0 aliphatic heterocycles. The van der Waals surface area contributed by atoms with Crippen molar-refractivity contribution < 1.29 is 4.74 Å². The smallest absolute Gasteiger partial charge is 0.191 e. The summed E-state index contributed by atoms with van der Waals surface area (Å²) in [6.07, 6.45) is 2.66. The number of halogens is 1. The van der Waals surface area contributed by atoms with E-state index in [1.54, 1.807) is 19.4 Å². The van der Waals surface area contributed by atoms with Crippen molar-refractivity contribution in [3.63, 3.8) is 0 Å². The molecule has 6 heteroatoms. The molecule has 106 valence electrons. The van der Waals surface area contributed by atoms with Crippen LogP contribution >= 0.6 is 11.6 Å². The zero-order chi connectivity index (χ0) is 13.9. The molecule has 5 nitrogen and oxygen atoms in total. The lowest BCUT2D eigenvalue weighted by molar-refractivity contribution is 0.208. The number of aromatic nitrogens is 1. The average molecular weight is 285 g/mol. The van der Waals surface area contributed by atoms with Gasteiger partial charge in [-0.05, 0) is 25.0 Å². The molecule has 0 saturated carbocycles. The highest BCUT2D eigenvalue weighted by atomic mass is 35.5. The third kappa shape index (κ3) is 6.98. The van der Waals surface area contributed by atoms with Gasteiger partial charge < -0.3 is 15.4 Å². The third-order valence-corrected chi connectivity index (χ3v) is 2.63. The Balaban J connectivity index is 2.34. The molecule has 1 aromatic heterocycles. The van der Waals surface area contributed by atoms with Crippen molar-refractivity contribution >= 4 is 17.6 Å². The van der Waals surface area contributed by atoms with Crippen LogP contribution in [0.4, 0.5) is 0 Å². The maximum Gasteiger partial charge on any atom is 0.191 e. The molecule has 1 rings (SSSR count). The number of aliphatic imine (C=N–C) groups is 1. The first-order valence-corrected chi connectivity index (χ1v) is 6.75. The number of guanidine groups is 1. The van der Waals surface area contributed by atoms with Gasteiger partial charge >= 0.3 is 0 Å². The SMILES string of the molecule is CCNC(=NCCOC)NCCc1ccc(Cl)nc1. The fourth-order valence-electron chi connectivity index (χ4n) is 1.47. The summed E-state index contributed by atoms with van der Waals surface area (Å²) in [7, 11) is 1.67. The van der Waals surface area contributed by atoms with Crippen molar-refractivity contribution in [3.8, 4) is 0 Å². The van der Waals surface area contributed by atoms with Gasteiger partial charge in [-0.3, -0.25) is 4.99 Å². The van der Waals surface area contributed by atoms with Gasteiger partial charge in [-0.1, -0.05) is 17.7 Å². The van der Waals surface area contributed by atoms with E-state index in [4.69, 9.17) is 16.3 Å². The first-order valence-electron chi connectivity index (χ1n) is 6.37. The standard InChI is InChI=1S/C13H21ClN4O/c1-3-15-13(17-8-9-19-2)16-7-6-11-4-5-12(14)18-10-11/h4-5,10H,3,6-9H2,1-2H3,(H2,15,16,17). The van der Waals surface area contributed by atoms with E-state index in [2.05, 4.69) is 20.6 Å². The van der Waals surface area contributed by atoms with E-state index < -0.39 is 0 Å². The molecule has 0 bridgehead atoms. The maximum atomic E-state index is 5.74. The number of pyridine rings is 1. The van der Waals surface area contributed by atoms with Crippen molar-refractivity contribution in [1.82, 2.24) is 15.6 Å². The second kappa shape index (κ2) is 9.58. The zero-order valence-electron chi connectivity index (χ0n) is 11.4. The highest BCUT2D eigenvalue weighted by Crippen LogP contribution is 2.05. The van der Waals surface area contributed by atoms with Crippen molar-refractivity contribution in [2.75, 3.05) is 33.4 Å². The summed E-state index contributed by atoms with van der Waals surface area (Å²) < 4.78 is 4.97. The Kier molecular flexibility index (Phi) is 7.93. The Labute approximate surface area is 119 Å². The molecule has 2 N–H and O–H groups in total. The molecule has 0 spiro atoms. The molecule has 0 aliphatic carbocycles. The van der Waals surface area contributed by atoms with Crippen LogP contribution in [0.1, 0.15) is 12.5 Å². The van der Waals surface area contributed by atoms with Gasteiger partial charge in [0.05, 0.1) is 13.2 Å². The molecule has 1 heterocycles. The molecule has 0 unspecified atom stereocenters. The lowest BCUT2D eigenvalue weighted by Gasteiger charge is -2.11. The van der Waals surface area contributed by atoms with Gasteiger partial charge in [0.2, 0.25) is 0 Å². The van der Waals surface area contributed by atoms with E-state index in [0.29, 0.717) is 18.3 Å². The summed E-state index contributed by atoms with van der Waals surface area (Å²) in [5.41, 5.74) is 1.14. The summed E-state index contributed by atoms with van der Waals surface area (Å²) >= 11 is 5.74. The van der Waals surface area contributed by atoms with Crippen LogP contribution in [-0.2, 0) is 11.2 Å². The highest BCUT2D eigenvalue weighted by molar-refractivity contribution is 6.29. The Morgan fingerprint density at radius 3 is 2.89 bits per heavy atom.